The Bertz CT molecular complexity index is 1680. The van der Waals surface area contributed by atoms with Crippen molar-refractivity contribution in [1.29, 1.82) is 0 Å². The van der Waals surface area contributed by atoms with Gasteiger partial charge in [-0.15, -0.1) is 0 Å². The van der Waals surface area contributed by atoms with E-state index in [0.717, 1.165) is 17.5 Å². The minimum absolute atomic E-state index is 0.0950. The van der Waals surface area contributed by atoms with Crippen LogP contribution in [0.5, 0.6) is 5.75 Å². The van der Waals surface area contributed by atoms with Crippen molar-refractivity contribution in [3.05, 3.63) is 147 Å². The molecule has 4 aromatic carbocycles. The van der Waals surface area contributed by atoms with Gasteiger partial charge in [0.1, 0.15) is 16.9 Å². The summed E-state index contributed by atoms with van der Waals surface area (Å²) in [4.78, 5) is 38.5. The molecule has 5 rings (SSSR count). The van der Waals surface area contributed by atoms with Gasteiger partial charge in [0.15, 0.2) is 0 Å². The van der Waals surface area contributed by atoms with Gasteiger partial charge in [0, 0.05) is 11.5 Å². The van der Waals surface area contributed by atoms with E-state index in [-0.39, 0.29) is 22.9 Å². The maximum absolute atomic E-state index is 13.0. The summed E-state index contributed by atoms with van der Waals surface area (Å²) >= 11 is 0. The SMILES string of the molecule is CC(NC(=O)c1cc2ccc(OC(=O)c3ccccc3CCc3ccccc3)cc2oc1=O)c1ccccc1. The molecule has 0 spiro atoms. The van der Waals surface area contributed by atoms with E-state index in [4.69, 9.17) is 9.15 Å². The highest BCUT2D eigenvalue weighted by Gasteiger charge is 2.18. The Hall–Kier alpha value is -4.97. The van der Waals surface area contributed by atoms with Crippen molar-refractivity contribution < 1.29 is 18.7 Å². The molecule has 0 radical (unpaired) electrons. The van der Waals surface area contributed by atoms with Gasteiger partial charge < -0.3 is 14.5 Å². The first-order valence-corrected chi connectivity index (χ1v) is 12.8. The second-order valence-electron chi connectivity index (χ2n) is 9.29. The van der Waals surface area contributed by atoms with Gasteiger partial charge in [0.05, 0.1) is 11.6 Å². The Balaban J connectivity index is 1.31. The Kier molecular flexibility index (Phi) is 7.64. The zero-order valence-corrected chi connectivity index (χ0v) is 21.4. The van der Waals surface area contributed by atoms with E-state index < -0.39 is 17.5 Å². The number of nitrogens with one attached hydrogen (secondary N) is 1. The molecule has 0 saturated carbocycles. The van der Waals surface area contributed by atoms with Crippen LogP contribution < -0.4 is 15.7 Å². The maximum atomic E-state index is 13.0. The first-order chi connectivity index (χ1) is 19.0. The fourth-order valence-electron chi connectivity index (χ4n) is 4.44. The average molecular weight is 518 g/mol. The Morgan fingerprint density at radius 3 is 2.26 bits per heavy atom. The van der Waals surface area contributed by atoms with Gasteiger partial charge in [-0.05, 0) is 60.7 Å². The molecular formula is C33H27NO5. The molecule has 0 fully saturated rings. The molecule has 6 nitrogen and oxygen atoms in total. The molecule has 1 unspecified atom stereocenters. The van der Waals surface area contributed by atoms with E-state index >= 15 is 0 Å². The van der Waals surface area contributed by atoms with E-state index in [1.807, 2.05) is 67.6 Å². The van der Waals surface area contributed by atoms with E-state index in [1.165, 1.54) is 17.7 Å². The van der Waals surface area contributed by atoms with Crippen molar-refractivity contribution in [1.82, 2.24) is 5.32 Å². The topological polar surface area (TPSA) is 85.6 Å². The Morgan fingerprint density at radius 1 is 0.795 bits per heavy atom. The third kappa shape index (κ3) is 6.13. The van der Waals surface area contributed by atoms with E-state index in [0.29, 0.717) is 17.4 Å². The Morgan fingerprint density at radius 2 is 1.49 bits per heavy atom. The molecule has 0 aliphatic carbocycles. The van der Waals surface area contributed by atoms with E-state index in [2.05, 4.69) is 17.4 Å². The van der Waals surface area contributed by atoms with Gasteiger partial charge in [-0.1, -0.05) is 78.9 Å². The van der Waals surface area contributed by atoms with E-state index in [1.54, 1.807) is 24.3 Å². The quantitative estimate of drug-likeness (QED) is 0.149. The molecule has 0 aliphatic heterocycles. The third-order valence-corrected chi connectivity index (χ3v) is 6.57. The molecule has 1 heterocycles. The summed E-state index contributed by atoms with van der Waals surface area (Å²) in [6, 6.07) is 32.9. The summed E-state index contributed by atoms with van der Waals surface area (Å²) < 4.78 is 11.1. The summed E-state index contributed by atoms with van der Waals surface area (Å²) in [6.45, 7) is 1.84. The molecule has 0 saturated heterocycles. The lowest BCUT2D eigenvalue weighted by molar-refractivity contribution is 0.0733. The normalized spacial score (nSPS) is 11.6. The minimum Gasteiger partial charge on any atom is -0.423 e. The molecular weight excluding hydrogens is 490 g/mol. The van der Waals surface area contributed by atoms with Crippen LogP contribution in [0.3, 0.4) is 0 Å². The van der Waals surface area contributed by atoms with Gasteiger partial charge in [0.2, 0.25) is 0 Å². The largest absolute Gasteiger partial charge is 0.423 e. The molecule has 1 atom stereocenters. The van der Waals surface area contributed by atoms with Crippen LogP contribution in [-0.4, -0.2) is 11.9 Å². The first-order valence-electron chi connectivity index (χ1n) is 12.8. The lowest BCUT2D eigenvalue weighted by Gasteiger charge is -2.14. The molecule has 5 aromatic rings. The number of aryl methyl sites for hydroxylation is 2. The standard InChI is InChI=1S/C33H27NO5/c1-22(24-12-6-3-7-13-24)34-31(35)29-20-26-18-19-27(21-30(26)39-33(29)37)38-32(36)28-15-9-8-14-25(28)17-16-23-10-4-2-5-11-23/h2-15,18-22H,16-17H2,1H3,(H,34,35). The molecule has 1 amide bonds. The van der Waals surface area contributed by atoms with Gasteiger partial charge >= 0.3 is 11.6 Å². The monoisotopic (exact) mass is 517 g/mol. The number of carbonyl (C=O) groups excluding carboxylic acids is 2. The van der Waals surface area contributed by atoms with Crippen molar-refractivity contribution in [3.8, 4) is 5.75 Å². The number of ether oxygens (including phenoxy) is 1. The van der Waals surface area contributed by atoms with Gasteiger partial charge in [-0.3, -0.25) is 4.79 Å². The van der Waals surface area contributed by atoms with Gasteiger partial charge in [0.25, 0.3) is 5.91 Å². The van der Waals surface area contributed by atoms with Crippen molar-refractivity contribution >= 4 is 22.8 Å². The Labute approximate surface area is 225 Å². The number of carbonyl (C=O) groups is 2. The van der Waals surface area contributed by atoms with Crippen LogP contribution in [0.1, 0.15) is 50.4 Å². The van der Waals surface area contributed by atoms with Crippen LogP contribution in [-0.2, 0) is 12.8 Å². The summed E-state index contributed by atoms with van der Waals surface area (Å²) in [7, 11) is 0. The average Bonchev–Trinajstić information content (AvgIpc) is 2.96. The van der Waals surface area contributed by atoms with E-state index in [9.17, 15) is 14.4 Å². The first kappa shape index (κ1) is 25.7. The van der Waals surface area contributed by atoms with Crippen LogP contribution in [0.15, 0.2) is 118 Å². The van der Waals surface area contributed by atoms with Crippen LogP contribution in [0, 0.1) is 0 Å². The molecule has 1 N–H and O–H groups in total. The van der Waals surface area contributed by atoms with Crippen molar-refractivity contribution in [3.63, 3.8) is 0 Å². The maximum Gasteiger partial charge on any atom is 0.349 e. The van der Waals surface area contributed by atoms with Gasteiger partial charge in [-0.25, -0.2) is 9.59 Å². The predicted molar refractivity (Wildman–Crippen MR) is 150 cm³/mol. The number of hydrogen-bond acceptors (Lipinski definition) is 5. The highest BCUT2D eigenvalue weighted by molar-refractivity contribution is 5.97. The molecule has 6 heteroatoms. The number of amides is 1. The second-order valence-corrected chi connectivity index (χ2v) is 9.29. The van der Waals surface area contributed by atoms with Crippen LogP contribution in [0.25, 0.3) is 11.0 Å². The lowest BCUT2D eigenvalue weighted by atomic mass is 10.00. The zero-order valence-electron chi connectivity index (χ0n) is 21.4. The van der Waals surface area contributed by atoms with Crippen molar-refractivity contribution in [2.45, 2.75) is 25.8 Å². The number of esters is 1. The zero-order chi connectivity index (χ0) is 27.2. The van der Waals surface area contributed by atoms with Crippen molar-refractivity contribution in [2.75, 3.05) is 0 Å². The number of rotatable bonds is 8. The van der Waals surface area contributed by atoms with Crippen LogP contribution in [0.4, 0.5) is 0 Å². The highest BCUT2D eigenvalue weighted by atomic mass is 16.5. The molecule has 0 bridgehead atoms. The van der Waals surface area contributed by atoms with Crippen LogP contribution >= 0.6 is 0 Å². The minimum atomic E-state index is -0.769. The fraction of sp³-hybridized carbons (Fsp3) is 0.121. The number of benzene rings is 4. The summed E-state index contributed by atoms with van der Waals surface area (Å²) in [6.07, 6.45) is 1.49. The summed E-state index contributed by atoms with van der Waals surface area (Å²) in [5.41, 5.74) is 2.83. The molecule has 39 heavy (non-hydrogen) atoms. The molecule has 194 valence electrons. The number of hydrogen-bond donors (Lipinski definition) is 1. The van der Waals surface area contributed by atoms with Crippen molar-refractivity contribution in [2.24, 2.45) is 0 Å². The molecule has 0 aliphatic rings. The number of fused-ring (bicyclic) bond motifs is 1. The fourth-order valence-corrected chi connectivity index (χ4v) is 4.44. The smallest absolute Gasteiger partial charge is 0.349 e. The van der Waals surface area contributed by atoms with Crippen LogP contribution in [0.2, 0.25) is 0 Å². The summed E-state index contributed by atoms with van der Waals surface area (Å²) in [5.74, 6) is -0.778. The highest BCUT2D eigenvalue weighted by Crippen LogP contribution is 2.23. The predicted octanol–water partition coefficient (Wildman–Crippen LogP) is 6.29. The molecule has 1 aromatic heterocycles. The third-order valence-electron chi connectivity index (χ3n) is 6.57. The summed E-state index contributed by atoms with van der Waals surface area (Å²) in [5, 5.41) is 3.37. The second kappa shape index (κ2) is 11.6. The van der Waals surface area contributed by atoms with Gasteiger partial charge in [-0.2, -0.15) is 0 Å². The lowest BCUT2D eigenvalue weighted by Crippen LogP contribution is -2.30.